The van der Waals surface area contributed by atoms with Crippen LogP contribution in [0.4, 0.5) is 10.1 Å². The van der Waals surface area contributed by atoms with Crippen molar-refractivity contribution in [2.24, 2.45) is 0 Å². The Morgan fingerprint density at radius 2 is 1.86 bits per heavy atom. The maximum atomic E-state index is 13.1. The highest BCUT2D eigenvalue weighted by molar-refractivity contribution is 6.00. The number of ether oxygens (including phenoxy) is 1. The maximum Gasteiger partial charge on any atom is 0.239 e. The van der Waals surface area contributed by atoms with Crippen LogP contribution in [-0.4, -0.2) is 29.2 Å². The van der Waals surface area contributed by atoms with Crippen molar-refractivity contribution in [1.82, 2.24) is 4.98 Å². The van der Waals surface area contributed by atoms with Crippen LogP contribution >= 0.6 is 0 Å². The molecular weight excluding hydrogens is 371 g/mol. The molecule has 0 atom stereocenters. The molecule has 0 aliphatic carbocycles. The Morgan fingerprint density at radius 3 is 2.45 bits per heavy atom. The number of amides is 1. The summed E-state index contributed by atoms with van der Waals surface area (Å²) in [5.74, 6) is -0.538. The molecule has 3 aromatic rings. The van der Waals surface area contributed by atoms with E-state index in [1.54, 1.807) is 6.20 Å². The minimum atomic E-state index is -0.780. The summed E-state index contributed by atoms with van der Waals surface area (Å²) in [6, 6.07) is 15.2. The molecule has 0 bridgehead atoms. The minimum absolute atomic E-state index is 0.0711. The van der Waals surface area contributed by atoms with Crippen molar-refractivity contribution in [3.8, 4) is 11.1 Å². The number of aromatic nitrogens is 1. The Morgan fingerprint density at radius 1 is 1.17 bits per heavy atom. The average Bonchev–Trinajstić information content (AvgIpc) is 2.69. The largest absolute Gasteiger partial charge is 0.392 e. The second-order valence-corrected chi connectivity index (χ2v) is 7.25. The molecule has 2 N–H and O–H groups in total. The number of pyridine rings is 1. The van der Waals surface area contributed by atoms with Gasteiger partial charge in [-0.15, -0.1) is 0 Å². The average molecular weight is 392 g/mol. The number of aliphatic hydroxyl groups is 1. The molecule has 6 heteroatoms. The number of hydrogen-bond acceptors (Lipinski definition) is 4. The molecule has 1 fully saturated rings. The smallest absolute Gasteiger partial charge is 0.239 e. The number of aryl methyl sites for hydroxylation is 1. The minimum Gasteiger partial charge on any atom is -0.392 e. The van der Waals surface area contributed by atoms with E-state index in [0.717, 1.165) is 27.9 Å². The lowest BCUT2D eigenvalue weighted by atomic mass is 9.77. The monoisotopic (exact) mass is 392 g/mol. The van der Waals surface area contributed by atoms with Crippen LogP contribution in [0.2, 0.25) is 0 Å². The van der Waals surface area contributed by atoms with Crippen LogP contribution in [-0.2, 0) is 21.6 Å². The molecular formula is C23H21FN2O3. The molecule has 1 aromatic heterocycles. The first-order valence-corrected chi connectivity index (χ1v) is 9.34. The zero-order chi connectivity index (χ0) is 20.4. The molecule has 1 aliphatic heterocycles. The van der Waals surface area contributed by atoms with Crippen molar-refractivity contribution in [2.45, 2.75) is 18.9 Å². The summed E-state index contributed by atoms with van der Waals surface area (Å²) in [5.41, 5.74) is 4.03. The third-order valence-electron chi connectivity index (χ3n) is 5.28. The van der Waals surface area contributed by atoms with E-state index in [1.807, 2.05) is 37.3 Å². The lowest BCUT2D eigenvalue weighted by molar-refractivity contribution is -0.139. The number of anilines is 1. The zero-order valence-electron chi connectivity index (χ0n) is 16.0. The highest BCUT2D eigenvalue weighted by atomic mass is 19.1. The number of rotatable bonds is 5. The molecule has 4 rings (SSSR count). The fourth-order valence-corrected chi connectivity index (χ4v) is 3.50. The highest BCUT2D eigenvalue weighted by Gasteiger charge is 2.47. The lowest BCUT2D eigenvalue weighted by Crippen LogP contribution is -2.55. The fraction of sp³-hybridized carbons (Fsp3) is 0.217. The van der Waals surface area contributed by atoms with Crippen LogP contribution in [0.25, 0.3) is 11.1 Å². The number of nitrogens with zero attached hydrogens (tertiary/aromatic N) is 1. The van der Waals surface area contributed by atoms with Crippen molar-refractivity contribution in [3.05, 3.63) is 83.4 Å². The first-order chi connectivity index (χ1) is 14.0. The highest BCUT2D eigenvalue weighted by Crippen LogP contribution is 2.35. The standard InChI is InChI=1S/C23H21FN2O3/c1-15-10-17(12-27)21(11-25-15)16-2-4-18(5-3-16)23(13-29-14-23)22(28)26-20-8-6-19(24)7-9-20/h2-11,27H,12-14H2,1H3,(H,26,28). The predicted molar refractivity (Wildman–Crippen MR) is 108 cm³/mol. The molecule has 2 heterocycles. The second kappa shape index (κ2) is 7.73. The number of halogens is 1. The van der Waals surface area contributed by atoms with E-state index < -0.39 is 5.41 Å². The van der Waals surface area contributed by atoms with Gasteiger partial charge in [0.1, 0.15) is 11.2 Å². The van der Waals surface area contributed by atoms with Gasteiger partial charge in [0, 0.05) is 23.1 Å². The Bertz CT molecular complexity index is 1030. The van der Waals surface area contributed by atoms with Gasteiger partial charge in [-0.1, -0.05) is 24.3 Å². The summed E-state index contributed by atoms with van der Waals surface area (Å²) >= 11 is 0. The third kappa shape index (κ3) is 3.64. The summed E-state index contributed by atoms with van der Waals surface area (Å²) in [4.78, 5) is 17.3. The molecule has 5 nitrogen and oxygen atoms in total. The summed E-state index contributed by atoms with van der Waals surface area (Å²) in [5, 5.41) is 12.5. The zero-order valence-corrected chi connectivity index (χ0v) is 16.0. The number of carbonyl (C=O) groups is 1. The first kappa shape index (κ1) is 19.2. The number of carbonyl (C=O) groups excluding carboxylic acids is 1. The van der Waals surface area contributed by atoms with Crippen LogP contribution in [0.15, 0.2) is 60.8 Å². The summed E-state index contributed by atoms with van der Waals surface area (Å²) in [7, 11) is 0. The third-order valence-corrected chi connectivity index (χ3v) is 5.28. The van der Waals surface area contributed by atoms with Gasteiger partial charge in [0.15, 0.2) is 0 Å². The Balaban J connectivity index is 1.60. The van der Waals surface area contributed by atoms with Crippen molar-refractivity contribution < 1.29 is 19.0 Å². The number of hydrogen-bond donors (Lipinski definition) is 2. The van der Waals surface area contributed by atoms with Crippen LogP contribution in [0.5, 0.6) is 0 Å². The molecule has 1 saturated heterocycles. The van der Waals surface area contributed by atoms with E-state index in [0.29, 0.717) is 5.69 Å². The Labute approximate surface area is 168 Å². The molecule has 1 amide bonds. The van der Waals surface area contributed by atoms with E-state index in [9.17, 15) is 14.3 Å². The van der Waals surface area contributed by atoms with Gasteiger partial charge in [0.2, 0.25) is 5.91 Å². The topological polar surface area (TPSA) is 71.5 Å². The molecule has 1 aliphatic rings. The van der Waals surface area contributed by atoms with Gasteiger partial charge in [0.05, 0.1) is 19.8 Å². The van der Waals surface area contributed by atoms with Crippen molar-refractivity contribution in [2.75, 3.05) is 18.5 Å². The van der Waals surface area contributed by atoms with E-state index >= 15 is 0 Å². The fourth-order valence-electron chi connectivity index (χ4n) is 3.50. The normalized spacial score (nSPS) is 14.9. The van der Waals surface area contributed by atoms with E-state index in [1.165, 1.54) is 24.3 Å². The molecule has 0 spiro atoms. The molecule has 0 radical (unpaired) electrons. The number of benzene rings is 2. The molecule has 2 aromatic carbocycles. The molecule has 148 valence electrons. The number of aliphatic hydroxyl groups excluding tert-OH is 1. The van der Waals surface area contributed by atoms with Crippen LogP contribution in [0, 0.1) is 12.7 Å². The van der Waals surface area contributed by atoms with Crippen molar-refractivity contribution >= 4 is 11.6 Å². The van der Waals surface area contributed by atoms with Crippen LogP contribution in [0.1, 0.15) is 16.8 Å². The second-order valence-electron chi connectivity index (χ2n) is 7.25. The van der Waals surface area contributed by atoms with Gasteiger partial charge in [-0.25, -0.2) is 4.39 Å². The van der Waals surface area contributed by atoms with E-state index in [2.05, 4.69) is 10.3 Å². The molecule has 0 saturated carbocycles. The van der Waals surface area contributed by atoms with Crippen LogP contribution < -0.4 is 5.32 Å². The van der Waals surface area contributed by atoms with Gasteiger partial charge in [-0.2, -0.15) is 0 Å². The van der Waals surface area contributed by atoms with Gasteiger partial charge in [-0.3, -0.25) is 9.78 Å². The van der Waals surface area contributed by atoms with Crippen molar-refractivity contribution in [1.29, 1.82) is 0 Å². The SMILES string of the molecule is Cc1cc(CO)c(-c2ccc(C3(C(=O)Nc4ccc(F)cc4)COC3)cc2)cn1. The van der Waals surface area contributed by atoms with Crippen LogP contribution in [0.3, 0.4) is 0 Å². The van der Waals surface area contributed by atoms with Gasteiger partial charge < -0.3 is 15.2 Å². The molecule has 0 unspecified atom stereocenters. The van der Waals surface area contributed by atoms with E-state index in [4.69, 9.17) is 4.74 Å². The summed E-state index contributed by atoms with van der Waals surface area (Å²) in [6.45, 7) is 2.38. The lowest BCUT2D eigenvalue weighted by Gasteiger charge is -2.40. The summed E-state index contributed by atoms with van der Waals surface area (Å²) in [6.07, 6.45) is 1.75. The molecule has 29 heavy (non-hydrogen) atoms. The van der Waals surface area contributed by atoms with Gasteiger partial charge in [-0.05, 0) is 53.9 Å². The maximum absolute atomic E-state index is 13.1. The number of nitrogens with one attached hydrogen (secondary N) is 1. The Kier molecular flexibility index (Phi) is 5.13. The quantitative estimate of drug-likeness (QED) is 0.696. The Hall–Kier alpha value is -3.09. The summed E-state index contributed by atoms with van der Waals surface area (Å²) < 4.78 is 18.5. The van der Waals surface area contributed by atoms with Crippen molar-refractivity contribution in [3.63, 3.8) is 0 Å². The van der Waals surface area contributed by atoms with E-state index in [-0.39, 0.29) is 31.5 Å². The van der Waals surface area contributed by atoms with Gasteiger partial charge >= 0.3 is 0 Å². The van der Waals surface area contributed by atoms with Gasteiger partial charge in [0.25, 0.3) is 0 Å². The first-order valence-electron chi connectivity index (χ1n) is 9.34. The predicted octanol–water partition coefficient (Wildman–Crippen LogP) is 3.60.